The van der Waals surface area contributed by atoms with E-state index >= 15 is 0 Å². The van der Waals surface area contributed by atoms with Crippen molar-refractivity contribution >= 4 is 86.6 Å². The molecule has 1 saturated heterocycles. The largest absolute Gasteiger partial charge is 0.391 e. The summed E-state index contributed by atoms with van der Waals surface area (Å²) in [6.07, 6.45) is 3.53. The van der Waals surface area contributed by atoms with E-state index in [1.807, 2.05) is 0 Å². The summed E-state index contributed by atoms with van der Waals surface area (Å²) in [6, 6.07) is -5.44. The lowest BCUT2D eigenvalue weighted by Crippen LogP contribution is -2.62. The number of amides is 11. The maximum absolute atomic E-state index is 14.5. The number of rotatable bonds is 30. The van der Waals surface area contributed by atoms with Gasteiger partial charge in [-0.25, -0.2) is 0 Å². The molecule has 1 aliphatic rings. The van der Waals surface area contributed by atoms with Gasteiger partial charge in [0, 0.05) is 24.3 Å². The quantitative estimate of drug-likeness (QED) is 0.0257. The highest BCUT2D eigenvalue weighted by molar-refractivity contribution is 8.76. The van der Waals surface area contributed by atoms with Crippen molar-refractivity contribution in [1.82, 2.24) is 53.2 Å². The minimum atomic E-state index is -1.67. The topological polar surface area (TPSA) is 484 Å². The summed E-state index contributed by atoms with van der Waals surface area (Å²) < 4.78 is 0. The molecule has 0 radical (unpaired) electrons. The van der Waals surface area contributed by atoms with E-state index < -0.39 is 132 Å². The number of nitrogens with two attached hydrogens (primary N) is 6. The summed E-state index contributed by atoms with van der Waals surface area (Å²) in [5.41, 5.74) is 35.7. The fourth-order valence-corrected chi connectivity index (χ4v) is 11.0. The molecule has 0 saturated carbocycles. The zero-order chi connectivity index (χ0) is 62.7. The minimum Gasteiger partial charge on any atom is -0.391 e. The molecule has 84 heavy (non-hydrogen) atoms. The maximum Gasteiger partial charge on any atom is 0.245 e. The summed E-state index contributed by atoms with van der Waals surface area (Å²) in [4.78, 5) is 152. The average molecular weight is 1220 g/mol. The van der Waals surface area contributed by atoms with Crippen molar-refractivity contribution < 1.29 is 57.8 Å². The van der Waals surface area contributed by atoms with Crippen molar-refractivity contribution in [2.24, 2.45) is 40.3 Å². The normalized spacial score (nSPS) is 22.2. The van der Waals surface area contributed by atoms with Gasteiger partial charge in [0.1, 0.15) is 60.4 Å². The lowest BCUT2D eigenvalue weighted by molar-refractivity contribution is -0.136. The van der Waals surface area contributed by atoms with Crippen LogP contribution in [0.3, 0.4) is 0 Å². The third kappa shape index (κ3) is 27.7. The number of carbonyl (C=O) groups is 11. The molecule has 11 atom stereocenters. The van der Waals surface area contributed by atoms with E-state index in [4.69, 9.17) is 34.4 Å². The lowest BCUT2D eigenvalue weighted by atomic mass is 10.00. The Morgan fingerprint density at radius 3 is 1.57 bits per heavy atom. The molecule has 28 nitrogen and oxygen atoms in total. The van der Waals surface area contributed by atoms with Gasteiger partial charge in [0.15, 0.2) is 0 Å². The number of hydrogen-bond donors (Lipinski definition) is 17. The van der Waals surface area contributed by atoms with Gasteiger partial charge < -0.3 is 92.7 Å². The number of aliphatic hydroxyl groups excluding tert-OH is 1. The minimum absolute atomic E-state index is 0.000438. The Bertz CT molecular complexity index is 2270. The molecule has 0 bridgehead atoms. The fourth-order valence-electron chi connectivity index (χ4n) is 8.71. The van der Waals surface area contributed by atoms with Crippen molar-refractivity contribution in [2.75, 3.05) is 44.2 Å². The van der Waals surface area contributed by atoms with Crippen molar-refractivity contribution in [3.8, 4) is 0 Å². The zero-order valence-electron chi connectivity index (χ0n) is 48.9. The molecule has 1 aromatic rings. The van der Waals surface area contributed by atoms with Crippen molar-refractivity contribution in [3.63, 3.8) is 0 Å². The second kappa shape index (κ2) is 41.0. The van der Waals surface area contributed by atoms with E-state index in [2.05, 4.69) is 60.1 Å². The second-order valence-electron chi connectivity index (χ2n) is 21.0. The van der Waals surface area contributed by atoms with E-state index in [1.165, 1.54) is 6.92 Å². The third-order valence-electron chi connectivity index (χ3n) is 13.4. The molecule has 0 aliphatic carbocycles. The van der Waals surface area contributed by atoms with Crippen LogP contribution in [0.5, 0.6) is 0 Å². The number of unbranched alkanes of at least 4 members (excludes halogenated alkanes) is 5. The van der Waals surface area contributed by atoms with Crippen LogP contribution in [0, 0.1) is 5.92 Å². The van der Waals surface area contributed by atoms with E-state index in [1.54, 1.807) is 44.2 Å². The summed E-state index contributed by atoms with van der Waals surface area (Å²) in [6.45, 7) is 6.35. The number of aliphatic hydroxyl groups is 1. The Balaban J connectivity index is 2.63. The molecule has 23 N–H and O–H groups in total. The number of carbonyl (C=O) groups excluding carboxylic acids is 11. The Morgan fingerprint density at radius 1 is 0.571 bits per heavy atom. The first-order chi connectivity index (χ1) is 40.0. The van der Waals surface area contributed by atoms with Crippen LogP contribution in [0.1, 0.15) is 117 Å². The molecule has 1 fully saturated rings. The molecule has 0 spiro atoms. The smallest absolute Gasteiger partial charge is 0.245 e. The van der Waals surface area contributed by atoms with Crippen LogP contribution < -0.4 is 87.6 Å². The van der Waals surface area contributed by atoms with Crippen LogP contribution in [0.15, 0.2) is 30.3 Å². The molecule has 2 rings (SSSR count). The van der Waals surface area contributed by atoms with E-state index in [0.29, 0.717) is 12.0 Å². The molecule has 3 unspecified atom stereocenters. The van der Waals surface area contributed by atoms with Gasteiger partial charge in [-0.1, -0.05) is 105 Å². The van der Waals surface area contributed by atoms with Gasteiger partial charge in [-0.05, 0) is 96.1 Å². The highest BCUT2D eigenvalue weighted by Crippen LogP contribution is 2.24. The lowest BCUT2D eigenvalue weighted by Gasteiger charge is -2.28. The molecule has 11 amide bonds. The molecule has 474 valence electrons. The van der Waals surface area contributed by atoms with Crippen LogP contribution in [0.25, 0.3) is 0 Å². The van der Waals surface area contributed by atoms with Gasteiger partial charge in [0.05, 0.1) is 6.10 Å². The van der Waals surface area contributed by atoms with Gasteiger partial charge in [0.25, 0.3) is 0 Å². The van der Waals surface area contributed by atoms with Gasteiger partial charge in [-0.3, -0.25) is 52.7 Å². The number of primary amides is 1. The summed E-state index contributed by atoms with van der Waals surface area (Å²) >= 11 is 0. The first-order valence-corrected chi connectivity index (χ1v) is 31.3. The predicted octanol–water partition coefficient (Wildman–Crippen LogP) is -4.12. The molecule has 1 aliphatic heterocycles. The fraction of sp³-hybridized carbons (Fsp3) is 0.685. The van der Waals surface area contributed by atoms with Gasteiger partial charge in [-0.15, -0.1) is 0 Å². The number of hydrogen-bond acceptors (Lipinski definition) is 19. The van der Waals surface area contributed by atoms with E-state index in [9.17, 15) is 57.8 Å². The standard InChI is InChI=1S/C54H94N16O12S2/c1-5-6-7-8-9-13-16-43(72)61-34(17-22-55)50(78)70-44(32(4)71)54(82)65-38(21-26-59)49(77)69-42-30-84-83-29-41(45(60)73)68-48(76)37(20-25-58)62-46(74)35(18-23-56)63-51(79)39(27-31(2)3)66-52(80)40(28-33-14-11-10-12-15-33)67-47(75)36(19-24-57)64-53(42)81/h10-12,14-15,31-32,34-42,44,71H,5-9,13,16-30,55-59H2,1-4H3,(H2,60,73)(H,61,72)(H,62,74)(H,63,79)(H,64,81)(H,65,82)(H,66,80)(H,67,75)(H,68,76)(H,69,77)(H,70,78)/t32-,34+,35+,36?,37+,38+,39+,40-,41?,42?,44+/m1/s1. The molecular formula is C54H94N16O12S2. The monoisotopic (exact) mass is 1220 g/mol. The summed E-state index contributed by atoms with van der Waals surface area (Å²) in [5, 5.41) is 36.7. The molecule has 30 heteroatoms. The molecule has 1 heterocycles. The predicted molar refractivity (Wildman–Crippen MR) is 321 cm³/mol. The summed E-state index contributed by atoms with van der Waals surface area (Å²) in [7, 11) is 1.87. The van der Waals surface area contributed by atoms with Crippen LogP contribution >= 0.6 is 21.6 Å². The van der Waals surface area contributed by atoms with Crippen LogP contribution in [0.4, 0.5) is 0 Å². The Hall–Kier alpha value is -6.15. The van der Waals surface area contributed by atoms with Gasteiger partial charge in [0.2, 0.25) is 65.0 Å². The van der Waals surface area contributed by atoms with Crippen molar-refractivity contribution in [3.05, 3.63) is 35.9 Å². The van der Waals surface area contributed by atoms with Crippen LogP contribution in [-0.4, -0.2) is 181 Å². The second-order valence-corrected chi connectivity index (χ2v) is 23.6. The van der Waals surface area contributed by atoms with Crippen LogP contribution in [-0.2, 0) is 59.2 Å². The summed E-state index contributed by atoms with van der Waals surface area (Å²) in [5.74, 6) is -10.0. The first-order valence-electron chi connectivity index (χ1n) is 28.8. The van der Waals surface area contributed by atoms with E-state index in [0.717, 1.165) is 53.7 Å². The molecule has 1 aromatic carbocycles. The highest BCUT2D eigenvalue weighted by atomic mass is 33.1. The van der Waals surface area contributed by atoms with Gasteiger partial charge >= 0.3 is 0 Å². The Labute approximate surface area is 500 Å². The number of benzene rings is 1. The molecular weight excluding hydrogens is 1130 g/mol. The third-order valence-corrected chi connectivity index (χ3v) is 15.8. The van der Waals surface area contributed by atoms with Crippen LogP contribution in [0.2, 0.25) is 0 Å². The Kier molecular flexibility index (Phi) is 36.1. The zero-order valence-corrected chi connectivity index (χ0v) is 50.5. The van der Waals surface area contributed by atoms with Crippen molar-refractivity contribution in [2.45, 2.75) is 184 Å². The molecule has 0 aromatic heterocycles. The average Bonchev–Trinajstić information content (AvgIpc) is 3.66. The first kappa shape index (κ1) is 74.0. The van der Waals surface area contributed by atoms with Crippen molar-refractivity contribution in [1.29, 1.82) is 0 Å². The van der Waals surface area contributed by atoms with E-state index in [-0.39, 0.29) is 102 Å². The van der Waals surface area contributed by atoms with Gasteiger partial charge in [-0.2, -0.15) is 0 Å². The SMILES string of the molecule is CCCCCCCCC(=O)N[C@@H](CCN)C(=O)N[C@H](C(=O)N[C@@H](CCN)C(=O)NC1CSSCC(C(N)=O)NC(=O)[C@H](CCN)NC(=O)[C@H](CCN)NC(=O)[C@H](CC(C)C)NC(=O)[C@@H](Cc2ccccc2)NC(=O)C(CCN)NC1=O)[C@@H](C)O. The Morgan fingerprint density at radius 2 is 1.05 bits per heavy atom. The highest BCUT2D eigenvalue weighted by Gasteiger charge is 2.37. The maximum atomic E-state index is 14.5. The number of nitrogens with one attached hydrogen (secondary N) is 10.